The largest absolute Gasteiger partial charge is 0.496 e. The van der Waals surface area contributed by atoms with Crippen LogP contribution in [0.2, 0.25) is 0 Å². The fraction of sp³-hybridized carbons (Fsp3) is 0.297. The minimum Gasteiger partial charge on any atom is -0.496 e. The van der Waals surface area contributed by atoms with Gasteiger partial charge in [-0.05, 0) is 46.4 Å². The lowest BCUT2D eigenvalue weighted by atomic mass is 9.97. The van der Waals surface area contributed by atoms with Gasteiger partial charge in [0.1, 0.15) is 5.75 Å². The maximum Gasteiger partial charge on any atom is 0.243 e. The summed E-state index contributed by atoms with van der Waals surface area (Å²) in [4.78, 5) is 24.6. The standard InChI is InChI=1S/C37H40N2O7S/c1-44-32-9-4-5-10-34(32)47-24-30-21-33(27-15-13-25(23-40)14-16-27)46-37(45-30)28-19-17-26(18-20-28)31-8-3-2-7-29(31)22-38-35(41)11-6-12-36(42)39-43/h2-5,7-10,13-20,30,33,37,40,43H,6,11-12,21-24H2,1H3,(H,38,41)(H,39,42)/t30-,33+,37+/m1/s1. The summed E-state index contributed by atoms with van der Waals surface area (Å²) in [7, 11) is 1.68. The van der Waals surface area contributed by atoms with Crippen molar-refractivity contribution in [2.24, 2.45) is 0 Å². The molecule has 0 unspecified atom stereocenters. The molecule has 1 aliphatic heterocycles. The minimum absolute atomic E-state index is 0.0108. The van der Waals surface area contributed by atoms with Crippen LogP contribution in [0.3, 0.4) is 0 Å². The van der Waals surface area contributed by atoms with Crippen molar-refractivity contribution >= 4 is 23.6 Å². The summed E-state index contributed by atoms with van der Waals surface area (Å²) in [5, 5.41) is 21.1. The second-order valence-corrected chi connectivity index (χ2v) is 12.3. The van der Waals surface area contributed by atoms with Gasteiger partial charge in [-0.2, -0.15) is 0 Å². The van der Waals surface area contributed by atoms with Gasteiger partial charge in [0.2, 0.25) is 11.8 Å². The van der Waals surface area contributed by atoms with E-state index in [1.54, 1.807) is 24.4 Å². The molecule has 1 aliphatic rings. The predicted molar refractivity (Wildman–Crippen MR) is 180 cm³/mol. The van der Waals surface area contributed by atoms with Crippen LogP contribution in [-0.2, 0) is 32.2 Å². The zero-order valence-corrected chi connectivity index (χ0v) is 27.1. The summed E-state index contributed by atoms with van der Waals surface area (Å²) < 4.78 is 18.6. The fourth-order valence-electron chi connectivity index (χ4n) is 5.47. The number of aliphatic hydroxyl groups excluding tert-OH is 1. The first-order valence-electron chi connectivity index (χ1n) is 15.6. The Bertz CT molecular complexity index is 1610. The molecule has 9 nitrogen and oxygen atoms in total. The number of carbonyl (C=O) groups excluding carboxylic acids is 2. The lowest BCUT2D eigenvalue weighted by Gasteiger charge is -2.36. The first-order valence-corrected chi connectivity index (χ1v) is 16.6. The van der Waals surface area contributed by atoms with Crippen LogP contribution < -0.4 is 15.5 Å². The van der Waals surface area contributed by atoms with Gasteiger partial charge in [0, 0.05) is 42.0 Å². The molecule has 1 fully saturated rings. The molecule has 246 valence electrons. The highest BCUT2D eigenvalue weighted by molar-refractivity contribution is 7.99. The van der Waals surface area contributed by atoms with E-state index in [0.29, 0.717) is 19.4 Å². The first kappa shape index (κ1) is 34.2. The molecule has 10 heteroatoms. The first-order chi connectivity index (χ1) is 23.0. The summed E-state index contributed by atoms with van der Waals surface area (Å²) in [5.74, 6) is 0.883. The van der Waals surface area contributed by atoms with Gasteiger partial charge in [-0.3, -0.25) is 14.8 Å². The molecule has 0 aromatic heterocycles. The van der Waals surface area contributed by atoms with Crippen LogP contribution in [0.1, 0.15) is 60.3 Å². The Morgan fingerprint density at radius 3 is 2.32 bits per heavy atom. The van der Waals surface area contributed by atoms with Crippen molar-refractivity contribution in [2.75, 3.05) is 12.9 Å². The van der Waals surface area contributed by atoms with Gasteiger partial charge < -0.3 is 24.6 Å². The Morgan fingerprint density at radius 1 is 0.872 bits per heavy atom. The molecule has 0 radical (unpaired) electrons. The Morgan fingerprint density at radius 2 is 1.57 bits per heavy atom. The third kappa shape index (κ3) is 9.43. The number of rotatable bonds is 14. The van der Waals surface area contributed by atoms with E-state index in [9.17, 15) is 14.7 Å². The molecule has 1 heterocycles. The number of nitrogens with one attached hydrogen (secondary N) is 2. The maximum absolute atomic E-state index is 12.3. The van der Waals surface area contributed by atoms with Crippen molar-refractivity contribution in [3.05, 3.63) is 119 Å². The number of benzene rings is 4. The van der Waals surface area contributed by atoms with Crippen LogP contribution in [0.4, 0.5) is 0 Å². The van der Waals surface area contributed by atoms with E-state index in [1.165, 1.54) is 0 Å². The van der Waals surface area contributed by atoms with Crippen molar-refractivity contribution in [3.63, 3.8) is 0 Å². The average molecular weight is 657 g/mol. The normalized spacial score (nSPS) is 17.6. The lowest BCUT2D eigenvalue weighted by molar-refractivity contribution is -0.245. The Kier molecular flexibility index (Phi) is 12.4. The molecular formula is C37H40N2O7S. The van der Waals surface area contributed by atoms with Crippen molar-refractivity contribution < 1.29 is 34.1 Å². The van der Waals surface area contributed by atoms with E-state index in [1.807, 2.05) is 97.1 Å². The molecule has 0 saturated carbocycles. The second kappa shape index (κ2) is 17.1. The third-order valence-electron chi connectivity index (χ3n) is 8.03. The van der Waals surface area contributed by atoms with E-state index in [0.717, 1.165) is 49.8 Å². The lowest BCUT2D eigenvalue weighted by Crippen LogP contribution is -2.31. The maximum atomic E-state index is 12.3. The predicted octanol–water partition coefficient (Wildman–Crippen LogP) is 6.48. The summed E-state index contributed by atoms with van der Waals surface area (Å²) in [6.45, 7) is 0.336. The number of carbonyl (C=O) groups is 2. The zero-order chi connectivity index (χ0) is 33.0. The molecule has 4 N–H and O–H groups in total. The van der Waals surface area contributed by atoms with Crippen LogP contribution in [0.5, 0.6) is 5.75 Å². The molecule has 2 amide bonds. The van der Waals surface area contributed by atoms with Gasteiger partial charge in [0.25, 0.3) is 0 Å². The summed E-state index contributed by atoms with van der Waals surface area (Å²) in [6, 6.07) is 31.8. The van der Waals surface area contributed by atoms with Crippen molar-refractivity contribution in [1.82, 2.24) is 10.8 Å². The Hall–Kier alpha value is -4.19. The highest BCUT2D eigenvalue weighted by atomic mass is 32.2. The number of thioether (sulfide) groups is 1. The molecule has 0 spiro atoms. The van der Waals surface area contributed by atoms with Gasteiger partial charge in [0.15, 0.2) is 6.29 Å². The number of hydrogen-bond acceptors (Lipinski definition) is 8. The number of hydroxylamine groups is 1. The summed E-state index contributed by atoms with van der Waals surface area (Å²) in [5.41, 5.74) is 7.32. The van der Waals surface area contributed by atoms with Crippen LogP contribution in [0.25, 0.3) is 11.1 Å². The zero-order valence-electron chi connectivity index (χ0n) is 26.3. The fourth-order valence-corrected chi connectivity index (χ4v) is 6.52. The summed E-state index contributed by atoms with van der Waals surface area (Å²) in [6.07, 6.45) is 0.450. The number of aliphatic hydroxyl groups is 1. The molecule has 4 aromatic carbocycles. The topological polar surface area (TPSA) is 126 Å². The van der Waals surface area contributed by atoms with E-state index >= 15 is 0 Å². The number of methoxy groups -OCH3 is 1. The monoisotopic (exact) mass is 656 g/mol. The quantitative estimate of drug-likeness (QED) is 0.0690. The molecule has 0 bridgehead atoms. The van der Waals surface area contributed by atoms with Gasteiger partial charge in [-0.15, -0.1) is 11.8 Å². The van der Waals surface area contributed by atoms with Gasteiger partial charge in [-0.1, -0.05) is 84.9 Å². The van der Waals surface area contributed by atoms with Gasteiger partial charge in [-0.25, -0.2) is 5.48 Å². The minimum atomic E-state index is -0.578. The third-order valence-corrected chi connectivity index (χ3v) is 9.22. The van der Waals surface area contributed by atoms with Crippen molar-refractivity contribution in [1.29, 1.82) is 0 Å². The molecule has 5 rings (SSSR count). The smallest absolute Gasteiger partial charge is 0.243 e. The Balaban J connectivity index is 1.29. The number of hydrogen-bond donors (Lipinski definition) is 4. The van der Waals surface area contributed by atoms with Gasteiger partial charge >= 0.3 is 0 Å². The second-order valence-electron chi connectivity index (χ2n) is 11.3. The molecule has 0 aliphatic carbocycles. The molecule has 47 heavy (non-hydrogen) atoms. The summed E-state index contributed by atoms with van der Waals surface area (Å²) >= 11 is 1.70. The van der Waals surface area contributed by atoms with Crippen LogP contribution in [0.15, 0.2) is 102 Å². The Labute approximate surface area is 279 Å². The van der Waals surface area contributed by atoms with Crippen molar-refractivity contribution in [3.8, 4) is 16.9 Å². The number of ether oxygens (including phenoxy) is 3. The number of amides is 2. The van der Waals surface area contributed by atoms with E-state index in [-0.39, 0.29) is 37.6 Å². The molecule has 1 saturated heterocycles. The highest BCUT2D eigenvalue weighted by Gasteiger charge is 2.32. The van der Waals surface area contributed by atoms with E-state index in [4.69, 9.17) is 19.4 Å². The molecule has 4 aromatic rings. The van der Waals surface area contributed by atoms with Crippen LogP contribution in [-0.4, -0.2) is 41.1 Å². The SMILES string of the molecule is COc1ccccc1SC[C@H]1C[C@@H](c2ccc(CO)cc2)O[C@@H](c2ccc(-c3ccccc3CNC(=O)CCCC(=O)NO)cc2)O1. The van der Waals surface area contributed by atoms with Crippen LogP contribution in [0, 0.1) is 0 Å². The number of para-hydroxylation sites is 1. The molecule has 3 atom stereocenters. The van der Waals surface area contributed by atoms with E-state index in [2.05, 4.69) is 5.32 Å². The van der Waals surface area contributed by atoms with Crippen LogP contribution >= 0.6 is 11.8 Å². The average Bonchev–Trinajstić information content (AvgIpc) is 3.13. The van der Waals surface area contributed by atoms with Gasteiger partial charge in [0.05, 0.1) is 25.9 Å². The highest BCUT2D eigenvalue weighted by Crippen LogP contribution is 2.41. The molecular weight excluding hydrogens is 616 g/mol. The van der Waals surface area contributed by atoms with E-state index < -0.39 is 12.2 Å². The van der Waals surface area contributed by atoms with Crippen molar-refractivity contribution in [2.45, 2.75) is 62.2 Å².